The van der Waals surface area contributed by atoms with Crippen LogP contribution in [-0.2, 0) is 9.53 Å². The Morgan fingerprint density at radius 3 is 2.86 bits per heavy atom. The molecule has 0 aliphatic carbocycles. The molecule has 0 atom stereocenters. The zero-order valence-corrected chi connectivity index (χ0v) is 12.7. The number of rotatable bonds is 4. The number of nitrogens with zero attached hydrogens (tertiary/aromatic N) is 1. The van der Waals surface area contributed by atoms with Gasteiger partial charge in [-0.1, -0.05) is 6.07 Å². The van der Waals surface area contributed by atoms with Crippen molar-refractivity contribution in [1.82, 2.24) is 0 Å². The maximum absolute atomic E-state index is 11.4. The first-order chi connectivity index (χ1) is 10.2. The van der Waals surface area contributed by atoms with Gasteiger partial charge >= 0.3 is 5.97 Å². The maximum Gasteiger partial charge on any atom is 0.330 e. The van der Waals surface area contributed by atoms with Gasteiger partial charge < -0.3 is 4.74 Å². The van der Waals surface area contributed by atoms with E-state index in [9.17, 15) is 4.79 Å². The van der Waals surface area contributed by atoms with Gasteiger partial charge in [0.1, 0.15) is 0 Å². The second kappa shape index (κ2) is 6.87. The molecule has 0 N–H and O–H groups in total. The highest BCUT2D eigenvalue weighted by Gasteiger charge is 2.08. The molecule has 2 rings (SSSR count). The molecule has 0 amide bonds. The van der Waals surface area contributed by atoms with Crippen LogP contribution in [0.4, 0.5) is 0 Å². The molecule has 4 heteroatoms. The number of aryl methyl sites for hydroxylation is 1. The second-order valence-corrected chi connectivity index (χ2v) is 5.21. The molecule has 0 saturated carbocycles. The Kier molecular flexibility index (Phi) is 4.91. The minimum Gasteiger partial charge on any atom is -0.463 e. The zero-order valence-electron chi connectivity index (χ0n) is 11.9. The zero-order chi connectivity index (χ0) is 15.2. The smallest absolute Gasteiger partial charge is 0.330 e. The molecule has 0 fully saturated rings. The Morgan fingerprint density at radius 2 is 2.19 bits per heavy atom. The molecule has 0 aliphatic heterocycles. The van der Waals surface area contributed by atoms with Crippen molar-refractivity contribution in [2.45, 2.75) is 13.8 Å². The van der Waals surface area contributed by atoms with Crippen molar-refractivity contribution in [3.63, 3.8) is 0 Å². The summed E-state index contributed by atoms with van der Waals surface area (Å²) in [5.74, 6) is -0.341. The van der Waals surface area contributed by atoms with Gasteiger partial charge in [-0.25, -0.2) is 4.79 Å². The van der Waals surface area contributed by atoms with Crippen LogP contribution in [0.3, 0.4) is 0 Å². The van der Waals surface area contributed by atoms with Crippen LogP contribution in [-0.4, -0.2) is 12.6 Å². The third-order valence-corrected chi connectivity index (χ3v) is 3.78. The molecule has 106 valence electrons. The predicted octanol–water partition coefficient (Wildman–Crippen LogP) is 4.17. The summed E-state index contributed by atoms with van der Waals surface area (Å²) in [7, 11) is 0. The molecule has 0 unspecified atom stereocenters. The summed E-state index contributed by atoms with van der Waals surface area (Å²) < 4.78 is 4.88. The Morgan fingerprint density at radius 1 is 1.38 bits per heavy atom. The van der Waals surface area contributed by atoms with Crippen molar-refractivity contribution < 1.29 is 9.53 Å². The highest BCUT2D eigenvalue weighted by Crippen LogP contribution is 2.31. The SMILES string of the molecule is CCOC(=O)C=Cc1cscc1-c1ccc(C#N)cc1C. The van der Waals surface area contributed by atoms with Crippen molar-refractivity contribution in [1.29, 1.82) is 5.26 Å². The van der Waals surface area contributed by atoms with Gasteiger partial charge in [0, 0.05) is 6.08 Å². The lowest BCUT2D eigenvalue weighted by Gasteiger charge is -2.06. The van der Waals surface area contributed by atoms with Gasteiger partial charge in [-0.2, -0.15) is 16.6 Å². The van der Waals surface area contributed by atoms with Crippen LogP contribution in [0.15, 0.2) is 35.0 Å². The van der Waals surface area contributed by atoms with Crippen molar-refractivity contribution in [3.05, 3.63) is 51.7 Å². The van der Waals surface area contributed by atoms with E-state index in [2.05, 4.69) is 6.07 Å². The summed E-state index contributed by atoms with van der Waals surface area (Å²) >= 11 is 1.58. The van der Waals surface area contributed by atoms with E-state index in [1.165, 1.54) is 6.08 Å². The monoisotopic (exact) mass is 297 g/mol. The van der Waals surface area contributed by atoms with Crippen LogP contribution < -0.4 is 0 Å². The summed E-state index contributed by atoms with van der Waals surface area (Å²) in [6.45, 7) is 4.13. The average molecular weight is 297 g/mol. The standard InChI is InChI=1S/C17H15NO2S/c1-3-20-17(19)7-5-14-10-21-11-16(14)15-6-4-13(9-18)8-12(15)2/h4-8,10-11H,3H2,1-2H3. The van der Waals surface area contributed by atoms with E-state index < -0.39 is 0 Å². The van der Waals surface area contributed by atoms with Crippen LogP contribution in [0.2, 0.25) is 0 Å². The number of esters is 1. The fourth-order valence-electron chi connectivity index (χ4n) is 2.04. The molecule has 0 saturated heterocycles. The lowest BCUT2D eigenvalue weighted by Crippen LogP contribution is -1.98. The van der Waals surface area contributed by atoms with E-state index in [4.69, 9.17) is 10.00 Å². The molecule has 0 bridgehead atoms. The van der Waals surface area contributed by atoms with Crippen LogP contribution >= 0.6 is 11.3 Å². The molecular formula is C17H15NO2S. The van der Waals surface area contributed by atoms with Crippen LogP contribution in [0.5, 0.6) is 0 Å². The first-order valence-electron chi connectivity index (χ1n) is 6.58. The predicted molar refractivity (Wildman–Crippen MR) is 84.9 cm³/mol. The highest BCUT2D eigenvalue weighted by atomic mass is 32.1. The van der Waals surface area contributed by atoms with Crippen molar-refractivity contribution >= 4 is 23.4 Å². The van der Waals surface area contributed by atoms with Crippen molar-refractivity contribution in [2.75, 3.05) is 6.61 Å². The van der Waals surface area contributed by atoms with E-state index in [0.29, 0.717) is 12.2 Å². The lowest BCUT2D eigenvalue weighted by atomic mass is 9.98. The van der Waals surface area contributed by atoms with Gasteiger partial charge in [-0.15, -0.1) is 0 Å². The molecule has 2 aromatic rings. The van der Waals surface area contributed by atoms with Crippen LogP contribution in [0.25, 0.3) is 17.2 Å². The van der Waals surface area contributed by atoms with E-state index in [1.54, 1.807) is 30.4 Å². The Hall–Kier alpha value is -2.38. The number of thiophene rings is 1. The molecule has 1 aromatic carbocycles. The fraction of sp³-hybridized carbons (Fsp3) is 0.176. The minimum atomic E-state index is -0.341. The maximum atomic E-state index is 11.4. The first kappa shape index (κ1) is 15.0. The third-order valence-electron chi connectivity index (χ3n) is 3.02. The van der Waals surface area contributed by atoms with E-state index >= 15 is 0 Å². The van der Waals surface area contributed by atoms with E-state index in [0.717, 1.165) is 22.3 Å². The summed E-state index contributed by atoms with van der Waals surface area (Å²) in [5, 5.41) is 13.0. The third kappa shape index (κ3) is 3.59. The summed E-state index contributed by atoms with van der Waals surface area (Å²) in [4.78, 5) is 11.4. The number of benzene rings is 1. The van der Waals surface area contributed by atoms with Crippen molar-refractivity contribution in [2.24, 2.45) is 0 Å². The second-order valence-electron chi connectivity index (χ2n) is 4.47. The Bertz CT molecular complexity index is 723. The van der Waals surface area contributed by atoms with E-state index in [1.807, 2.05) is 29.8 Å². The van der Waals surface area contributed by atoms with Crippen LogP contribution in [0, 0.1) is 18.3 Å². The summed E-state index contributed by atoms with van der Waals surface area (Å²) in [5.41, 5.74) is 4.79. The number of carbonyl (C=O) groups excluding carboxylic acids is 1. The van der Waals surface area contributed by atoms with Gasteiger partial charge in [-0.05, 0) is 65.1 Å². The van der Waals surface area contributed by atoms with Crippen molar-refractivity contribution in [3.8, 4) is 17.2 Å². The summed E-state index contributed by atoms with van der Waals surface area (Å²) in [6, 6.07) is 7.75. The fourth-order valence-corrected chi connectivity index (χ4v) is 2.86. The first-order valence-corrected chi connectivity index (χ1v) is 7.52. The molecule has 0 aliphatic rings. The molecular weight excluding hydrogens is 282 g/mol. The largest absolute Gasteiger partial charge is 0.463 e. The van der Waals surface area contributed by atoms with Gasteiger partial charge in [0.15, 0.2) is 0 Å². The molecule has 0 radical (unpaired) electrons. The number of hydrogen-bond acceptors (Lipinski definition) is 4. The molecule has 21 heavy (non-hydrogen) atoms. The molecule has 1 heterocycles. The number of ether oxygens (including phenoxy) is 1. The topological polar surface area (TPSA) is 50.1 Å². The van der Waals surface area contributed by atoms with Gasteiger partial charge in [-0.3, -0.25) is 0 Å². The Balaban J connectivity index is 2.33. The molecule has 1 aromatic heterocycles. The average Bonchev–Trinajstić information content (AvgIpc) is 2.93. The number of carbonyl (C=O) groups is 1. The summed E-state index contributed by atoms with van der Waals surface area (Å²) in [6.07, 6.45) is 3.20. The molecule has 3 nitrogen and oxygen atoms in total. The number of nitriles is 1. The van der Waals surface area contributed by atoms with E-state index in [-0.39, 0.29) is 5.97 Å². The quantitative estimate of drug-likeness (QED) is 0.628. The minimum absolute atomic E-state index is 0.341. The number of hydrogen-bond donors (Lipinski definition) is 0. The van der Waals surface area contributed by atoms with Gasteiger partial charge in [0.05, 0.1) is 18.2 Å². The normalized spacial score (nSPS) is 10.5. The Labute approximate surface area is 128 Å². The van der Waals surface area contributed by atoms with Gasteiger partial charge in [0.2, 0.25) is 0 Å². The highest BCUT2D eigenvalue weighted by molar-refractivity contribution is 7.08. The molecule has 0 spiro atoms. The van der Waals surface area contributed by atoms with Gasteiger partial charge in [0.25, 0.3) is 0 Å². The van der Waals surface area contributed by atoms with Crippen LogP contribution in [0.1, 0.15) is 23.6 Å². The lowest BCUT2D eigenvalue weighted by molar-refractivity contribution is -0.137.